The van der Waals surface area contributed by atoms with Gasteiger partial charge in [0.1, 0.15) is 6.61 Å². The van der Waals surface area contributed by atoms with E-state index < -0.39 is 0 Å². The van der Waals surface area contributed by atoms with E-state index in [9.17, 15) is 14.7 Å². The van der Waals surface area contributed by atoms with Crippen molar-refractivity contribution in [3.8, 4) is 0 Å². The van der Waals surface area contributed by atoms with Gasteiger partial charge in [0.05, 0.1) is 18.1 Å². The minimum atomic E-state index is -0.286. The molecule has 1 aromatic rings. The number of aliphatic hydroxyl groups is 1. The monoisotopic (exact) mass is 413 g/mol. The summed E-state index contributed by atoms with van der Waals surface area (Å²) in [5.74, 6) is 0.324. The molecule has 0 radical (unpaired) electrons. The van der Waals surface area contributed by atoms with Crippen LogP contribution in [0.25, 0.3) is 0 Å². The maximum absolute atomic E-state index is 13.5. The Morgan fingerprint density at radius 2 is 1.67 bits per heavy atom. The van der Waals surface area contributed by atoms with Gasteiger partial charge in [0.25, 0.3) is 0 Å². The summed E-state index contributed by atoms with van der Waals surface area (Å²) in [4.78, 5) is 31.4. The van der Waals surface area contributed by atoms with Crippen LogP contribution in [0, 0.1) is 5.41 Å². The largest absolute Gasteiger partial charge is 0.447 e. The minimum absolute atomic E-state index is 0.191. The first-order valence-electron chi connectivity index (χ1n) is 11.3. The number of hydrogen-bond acceptors (Lipinski definition) is 5. The summed E-state index contributed by atoms with van der Waals surface area (Å²) in [6, 6.07) is 8.35. The van der Waals surface area contributed by atoms with E-state index in [0.29, 0.717) is 25.1 Å². The average Bonchev–Trinajstić information content (AvgIpc) is 3.33. The Kier molecular flexibility index (Phi) is 5.09. The molecular weight excluding hydrogens is 382 g/mol. The summed E-state index contributed by atoms with van der Waals surface area (Å²) < 4.78 is 5.03. The van der Waals surface area contributed by atoms with Gasteiger partial charge in [-0.05, 0) is 69.2 Å². The summed E-state index contributed by atoms with van der Waals surface area (Å²) in [6.07, 6.45) is 5.90. The summed E-state index contributed by atoms with van der Waals surface area (Å²) in [5, 5.41) is 9.80. The van der Waals surface area contributed by atoms with Crippen molar-refractivity contribution in [3.63, 3.8) is 0 Å². The van der Waals surface area contributed by atoms with Gasteiger partial charge in [0.15, 0.2) is 0 Å². The number of hydrogen-bond donors (Lipinski definition) is 1. The molecule has 1 aromatic carbocycles. The van der Waals surface area contributed by atoms with Crippen molar-refractivity contribution in [2.45, 2.75) is 57.1 Å². The molecule has 1 unspecified atom stereocenters. The topological polar surface area (TPSA) is 73.3 Å². The standard InChI is InChI=1S/C23H31N3O4/c27-20-8-6-18(7-9-20)25-13-11-23(21(25)28)10-1-12-24(16-23)17-2-4-19(5-3-17)26-14-15-30-22(26)29/h2-5,18,20,27H,1,6-16H2. The van der Waals surface area contributed by atoms with Gasteiger partial charge in [-0.2, -0.15) is 0 Å². The average molecular weight is 414 g/mol. The molecule has 1 atom stereocenters. The van der Waals surface area contributed by atoms with Crippen molar-refractivity contribution in [2.24, 2.45) is 5.41 Å². The maximum Gasteiger partial charge on any atom is 0.414 e. The first kappa shape index (κ1) is 19.7. The third kappa shape index (κ3) is 3.43. The van der Waals surface area contributed by atoms with E-state index in [0.717, 1.165) is 76.0 Å². The van der Waals surface area contributed by atoms with E-state index in [4.69, 9.17) is 4.74 Å². The van der Waals surface area contributed by atoms with Gasteiger partial charge in [-0.3, -0.25) is 9.69 Å². The Balaban J connectivity index is 1.28. The molecule has 0 bridgehead atoms. The zero-order valence-corrected chi connectivity index (χ0v) is 17.5. The first-order chi connectivity index (χ1) is 14.6. The second-order valence-corrected chi connectivity index (χ2v) is 9.30. The smallest absolute Gasteiger partial charge is 0.414 e. The van der Waals surface area contributed by atoms with Crippen LogP contribution in [0.3, 0.4) is 0 Å². The van der Waals surface area contributed by atoms with Crippen molar-refractivity contribution >= 4 is 23.4 Å². The molecule has 0 aromatic heterocycles. The Morgan fingerprint density at radius 1 is 0.933 bits per heavy atom. The molecule has 7 heteroatoms. The van der Waals surface area contributed by atoms with E-state index in [1.807, 2.05) is 12.1 Å². The second kappa shape index (κ2) is 7.76. The number of benzene rings is 1. The quantitative estimate of drug-likeness (QED) is 0.825. The highest BCUT2D eigenvalue weighted by Crippen LogP contribution is 2.43. The molecule has 4 aliphatic rings. The number of carbonyl (C=O) groups excluding carboxylic acids is 2. The van der Waals surface area contributed by atoms with Crippen LogP contribution < -0.4 is 9.80 Å². The third-order valence-electron chi connectivity index (χ3n) is 7.52. The lowest BCUT2D eigenvalue weighted by Crippen LogP contribution is -2.50. The van der Waals surface area contributed by atoms with Crippen molar-refractivity contribution in [1.82, 2.24) is 4.90 Å². The highest BCUT2D eigenvalue weighted by molar-refractivity contribution is 5.89. The van der Waals surface area contributed by atoms with E-state index in [1.165, 1.54) is 0 Å². The van der Waals surface area contributed by atoms with Crippen LogP contribution in [0.4, 0.5) is 16.2 Å². The Bertz CT molecular complexity index is 805. The molecule has 3 heterocycles. The zero-order valence-electron chi connectivity index (χ0n) is 17.5. The number of cyclic esters (lactones) is 1. The van der Waals surface area contributed by atoms with Crippen molar-refractivity contribution in [1.29, 1.82) is 0 Å². The van der Waals surface area contributed by atoms with E-state index >= 15 is 0 Å². The first-order valence-corrected chi connectivity index (χ1v) is 11.3. The number of rotatable bonds is 3. The van der Waals surface area contributed by atoms with Gasteiger partial charge in [-0.25, -0.2) is 4.79 Å². The van der Waals surface area contributed by atoms with Gasteiger partial charge in [-0.15, -0.1) is 0 Å². The fourth-order valence-corrected chi connectivity index (χ4v) is 5.77. The molecule has 3 aliphatic heterocycles. The number of nitrogens with zero attached hydrogens (tertiary/aromatic N) is 3. The minimum Gasteiger partial charge on any atom is -0.447 e. The summed E-state index contributed by atoms with van der Waals surface area (Å²) in [6.45, 7) is 3.60. The highest BCUT2D eigenvalue weighted by atomic mass is 16.6. The lowest BCUT2D eigenvalue weighted by molar-refractivity contribution is -0.139. The van der Waals surface area contributed by atoms with E-state index in [2.05, 4.69) is 21.9 Å². The number of aliphatic hydroxyl groups excluding tert-OH is 1. The van der Waals surface area contributed by atoms with Crippen molar-refractivity contribution in [2.75, 3.05) is 42.6 Å². The van der Waals surface area contributed by atoms with Crippen LogP contribution in [-0.4, -0.2) is 66.9 Å². The van der Waals surface area contributed by atoms with E-state index in [1.54, 1.807) is 4.90 Å². The van der Waals surface area contributed by atoms with Gasteiger partial charge < -0.3 is 19.6 Å². The maximum atomic E-state index is 13.5. The summed E-state index contributed by atoms with van der Waals surface area (Å²) >= 11 is 0. The number of carbonyl (C=O) groups is 2. The molecule has 1 N–H and O–H groups in total. The lowest BCUT2D eigenvalue weighted by atomic mass is 9.78. The van der Waals surface area contributed by atoms with Crippen LogP contribution in [-0.2, 0) is 9.53 Å². The van der Waals surface area contributed by atoms with Gasteiger partial charge >= 0.3 is 6.09 Å². The lowest BCUT2D eigenvalue weighted by Gasteiger charge is -2.41. The van der Waals surface area contributed by atoms with Crippen LogP contribution in [0.1, 0.15) is 44.9 Å². The van der Waals surface area contributed by atoms with Gasteiger partial charge in [-0.1, -0.05) is 0 Å². The van der Waals surface area contributed by atoms with E-state index in [-0.39, 0.29) is 17.6 Å². The normalized spacial score (nSPS) is 32.2. The summed E-state index contributed by atoms with van der Waals surface area (Å²) in [5.41, 5.74) is 1.69. The molecule has 1 saturated carbocycles. The van der Waals surface area contributed by atoms with Gasteiger partial charge in [0.2, 0.25) is 5.91 Å². The van der Waals surface area contributed by atoms with Crippen molar-refractivity contribution < 1.29 is 19.4 Å². The molecule has 2 amide bonds. The number of ether oxygens (including phenoxy) is 1. The zero-order chi connectivity index (χ0) is 20.7. The Hall–Kier alpha value is -2.28. The second-order valence-electron chi connectivity index (χ2n) is 9.30. The predicted molar refractivity (Wildman–Crippen MR) is 114 cm³/mol. The van der Waals surface area contributed by atoms with Crippen molar-refractivity contribution in [3.05, 3.63) is 24.3 Å². The Morgan fingerprint density at radius 3 is 2.37 bits per heavy atom. The van der Waals surface area contributed by atoms with Gasteiger partial charge in [0, 0.05) is 37.1 Å². The number of likely N-dealkylation sites (tertiary alicyclic amines) is 1. The number of piperidine rings is 1. The summed E-state index contributed by atoms with van der Waals surface area (Å²) in [7, 11) is 0. The fourth-order valence-electron chi connectivity index (χ4n) is 5.77. The Labute approximate surface area is 177 Å². The molecule has 30 heavy (non-hydrogen) atoms. The van der Waals surface area contributed by atoms with Crippen LogP contribution >= 0.6 is 0 Å². The fraction of sp³-hybridized carbons (Fsp3) is 0.652. The van der Waals surface area contributed by atoms with Crippen LogP contribution in [0.15, 0.2) is 24.3 Å². The molecule has 162 valence electrons. The van der Waals surface area contributed by atoms with Crippen LogP contribution in [0.2, 0.25) is 0 Å². The SMILES string of the molecule is O=C1OCCN1c1ccc(N2CCCC3(CCN(C4CCC(O)CC4)C3=O)C2)cc1. The number of anilines is 2. The highest BCUT2D eigenvalue weighted by Gasteiger charge is 2.50. The molecule has 1 spiro atoms. The third-order valence-corrected chi connectivity index (χ3v) is 7.52. The van der Waals surface area contributed by atoms with Crippen LogP contribution in [0.5, 0.6) is 0 Å². The molecule has 5 rings (SSSR count). The molecular formula is C23H31N3O4. The predicted octanol–water partition coefficient (Wildman–Crippen LogP) is 2.77. The number of amides is 2. The molecule has 3 saturated heterocycles. The molecule has 1 aliphatic carbocycles. The molecule has 4 fully saturated rings. The molecule has 7 nitrogen and oxygen atoms in total.